The third-order valence-electron chi connectivity index (χ3n) is 2.88. The quantitative estimate of drug-likeness (QED) is 0.363. The lowest BCUT2D eigenvalue weighted by Crippen LogP contribution is -2.04. The van der Waals surface area contributed by atoms with Crippen LogP contribution in [0.4, 0.5) is 0 Å². The number of nitrogens with two attached hydrogens (primary N) is 2. The highest BCUT2D eigenvalue weighted by Crippen LogP contribution is 2.32. The molecule has 0 aliphatic heterocycles. The minimum atomic E-state index is 0.0762. The monoisotopic (exact) mass is 350 g/mol. The van der Waals surface area contributed by atoms with Gasteiger partial charge in [0.1, 0.15) is 0 Å². The topological polar surface area (TPSA) is 80.2 Å². The van der Waals surface area contributed by atoms with E-state index in [0.717, 1.165) is 9.79 Å². The molecule has 0 saturated carbocycles. The summed E-state index contributed by atoms with van der Waals surface area (Å²) in [5, 5.41) is 9.96. The minimum absolute atomic E-state index is 0.0762. The Morgan fingerprint density at radius 2 is 1.33 bits per heavy atom. The molecular formula is C18H14N4S2. The standard InChI is InChI=1S/C18H14N4S2/c1-22-16(18(21)24-14-10-6-3-7-11-14)15(12-19)17(20)23-13-8-4-2-5-9-13/h2-11H,20-21H2/b17-15+,18-16-. The van der Waals surface area contributed by atoms with Crippen molar-refractivity contribution in [2.24, 2.45) is 11.5 Å². The fraction of sp³-hybridized carbons (Fsp3) is 0. The predicted molar refractivity (Wildman–Crippen MR) is 99.2 cm³/mol. The predicted octanol–water partition coefficient (Wildman–Crippen LogP) is 4.31. The van der Waals surface area contributed by atoms with E-state index in [1.54, 1.807) is 0 Å². The number of hydrogen-bond donors (Lipinski definition) is 2. The molecule has 2 aromatic carbocycles. The Bertz CT molecular complexity index is 771. The van der Waals surface area contributed by atoms with Gasteiger partial charge in [-0.05, 0) is 24.3 Å². The van der Waals surface area contributed by atoms with Crippen LogP contribution < -0.4 is 11.5 Å². The van der Waals surface area contributed by atoms with Crippen molar-refractivity contribution in [3.8, 4) is 6.07 Å². The second kappa shape index (κ2) is 8.73. The van der Waals surface area contributed by atoms with Crippen LogP contribution in [0, 0.1) is 17.9 Å². The molecule has 0 radical (unpaired) electrons. The maximum absolute atomic E-state index is 9.45. The van der Waals surface area contributed by atoms with Gasteiger partial charge in [-0.15, -0.1) is 0 Å². The molecule has 0 atom stereocenters. The van der Waals surface area contributed by atoms with E-state index < -0.39 is 0 Å². The molecule has 0 aliphatic carbocycles. The molecule has 0 aromatic heterocycles. The maximum Gasteiger partial charge on any atom is 0.236 e. The van der Waals surface area contributed by atoms with Gasteiger partial charge in [0.15, 0.2) is 0 Å². The van der Waals surface area contributed by atoms with Crippen molar-refractivity contribution in [1.82, 2.24) is 0 Å². The van der Waals surface area contributed by atoms with Crippen LogP contribution in [0.3, 0.4) is 0 Å². The molecule has 0 amide bonds. The summed E-state index contributed by atoms with van der Waals surface area (Å²) < 4.78 is 0. The molecule has 118 valence electrons. The lowest BCUT2D eigenvalue weighted by Gasteiger charge is -2.08. The second-order valence-corrected chi connectivity index (χ2v) is 6.74. The SMILES string of the molecule is [C-]#[N+]C(=C(/N)Sc1ccccc1)/C(C#N)=C(\N)Sc1ccccc1. The fourth-order valence-electron chi connectivity index (χ4n) is 1.79. The lowest BCUT2D eigenvalue weighted by molar-refractivity contribution is 1.34. The normalized spacial score (nSPS) is 12.4. The molecule has 0 fully saturated rings. The number of thioether (sulfide) groups is 2. The van der Waals surface area contributed by atoms with E-state index in [-0.39, 0.29) is 21.3 Å². The van der Waals surface area contributed by atoms with E-state index in [4.69, 9.17) is 18.0 Å². The first-order valence-corrected chi connectivity index (χ1v) is 8.52. The maximum atomic E-state index is 9.45. The summed E-state index contributed by atoms with van der Waals surface area (Å²) in [6.45, 7) is 7.39. The average molecular weight is 350 g/mol. The largest absolute Gasteiger partial charge is 0.402 e. The van der Waals surface area contributed by atoms with Crippen LogP contribution >= 0.6 is 23.5 Å². The molecule has 0 spiro atoms. The fourth-order valence-corrected chi connectivity index (χ4v) is 3.37. The van der Waals surface area contributed by atoms with Gasteiger partial charge in [0, 0.05) is 9.79 Å². The van der Waals surface area contributed by atoms with Crippen LogP contribution in [0.25, 0.3) is 4.85 Å². The van der Waals surface area contributed by atoms with Crippen molar-refractivity contribution in [2.75, 3.05) is 0 Å². The average Bonchev–Trinajstić information content (AvgIpc) is 2.61. The summed E-state index contributed by atoms with van der Waals surface area (Å²) in [4.78, 5) is 5.21. The number of nitrogens with zero attached hydrogens (tertiary/aromatic N) is 2. The smallest absolute Gasteiger partial charge is 0.236 e. The van der Waals surface area contributed by atoms with E-state index in [9.17, 15) is 5.26 Å². The highest BCUT2D eigenvalue weighted by atomic mass is 32.2. The molecule has 24 heavy (non-hydrogen) atoms. The molecule has 4 N–H and O–H groups in total. The van der Waals surface area contributed by atoms with Crippen LogP contribution in [0.15, 0.2) is 91.8 Å². The second-order valence-electron chi connectivity index (χ2n) is 4.51. The molecule has 0 unspecified atom stereocenters. The first-order valence-electron chi connectivity index (χ1n) is 6.89. The van der Waals surface area contributed by atoms with Crippen LogP contribution in [0.2, 0.25) is 0 Å². The number of allylic oxidation sites excluding steroid dienone is 1. The molecule has 6 heteroatoms. The highest BCUT2D eigenvalue weighted by Gasteiger charge is 2.16. The van der Waals surface area contributed by atoms with E-state index in [1.165, 1.54) is 23.5 Å². The molecule has 2 rings (SSSR count). The molecule has 0 bridgehead atoms. The first-order chi connectivity index (χ1) is 11.7. The zero-order chi connectivity index (χ0) is 17.4. The van der Waals surface area contributed by atoms with Gasteiger partial charge in [-0.2, -0.15) is 5.26 Å². The van der Waals surface area contributed by atoms with Gasteiger partial charge in [0.2, 0.25) is 5.70 Å². The molecule has 0 saturated heterocycles. The zero-order valence-corrected chi connectivity index (χ0v) is 14.3. The van der Waals surface area contributed by atoms with Gasteiger partial charge in [-0.25, -0.2) is 4.85 Å². The van der Waals surface area contributed by atoms with Crippen LogP contribution in [0.1, 0.15) is 0 Å². The molecule has 0 aliphatic rings. The van der Waals surface area contributed by atoms with Crippen molar-refractivity contribution >= 4 is 23.5 Å². The van der Waals surface area contributed by atoms with E-state index >= 15 is 0 Å². The summed E-state index contributed by atoms with van der Waals surface area (Å²) in [6, 6.07) is 20.9. The van der Waals surface area contributed by atoms with Gasteiger partial charge >= 0.3 is 0 Å². The van der Waals surface area contributed by atoms with E-state index in [2.05, 4.69) is 4.85 Å². The van der Waals surface area contributed by atoms with Gasteiger partial charge in [0.25, 0.3) is 0 Å². The Morgan fingerprint density at radius 3 is 1.75 bits per heavy atom. The van der Waals surface area contributed by atoms with Crippen molar-refractivity contribution in [3.63, 3.8) is 0 Å². The lowest BCUT2D eigenvalue weighted by atomic mass is 10.2. The number of benzene rings is 2. The van der Waals surface area contributed by atoms with Crippen molar-refractivity contribution in [2.45, 2.75) is 9.79 Å². The Labute approximate surface area is 149 Å². The first kappa shape index (κ1) is 17.6. The van der Waals surface area contributed by atoms with Crippen molar-refractivity contribution < 1.29 is 0 Å². The molecule has 4 nitrogen and oxygen atoms in total. The van der Waals surface area contributed by atoms with Gasteiger partial charge in [0.05, 0.1) is 28.3 Å². The Kier molecular flexibility index (Phi) is 6.39. The van der Waals surface area contributed by atoms with Gasteiger partial charge in [-0.3, -0.25) is 0 Å². The van der Waals surface area contributed by atoms with Gasteiger partial charge < -0.3 is 11.5 Å². The van der Waals surface area contributed by atoms with Crippen LogP contribution in [0.5, 0.6) is 0 Å². The van der Waals surface area contributed by atoms with Crippen LogP contribution in [-0.2, 0) is 0 Å². The van der Waals surface area contributed by atoms with Gasteiger partial charge in [-0.1, -0.05) is 59.9 Å². The zero-order valence-electron chi connectivity index (χ0n) is 12.6. The Morgan fingerprint density at radius 1 is 0.875 bits per heavy atom. The summed E-state index contributed by atoms with van der Waals surface area (Å²) in [6.07, 6.45) is 0. The molecule has 0 heterocycles. The molecule has 2 aromatic rings. The summed E-state index contributed by atoms with van der Waals surface area (Å²) >= 11 is 2.47. The Hall–Kier alpha value is -2.80. The third kappa shape index (κ3) is 4.60. The Balaban J connectivity index is 2.35. The minimum Gasteiger partial charge on any atom is -0.402 e. The third-order valence-corrected chi connectivity index (χ3v) is 4.74. The van der Waals surface area contributed by atoms with E-state index in [1.807, 2.05) is 66.7 Å². The van der Waals surface area contributed by atoms with Crippen molar-refractivity contribution in [3.05, 3.63) is 93.4 Å². The van der Waals surface area contributed by atoms with Crippen molar-refractivity contribution in [1.29, 1.82) is 5.26 Å². The van der Waals surface area contributed by atoms with Crippen LogP contribution in [-0.4, -0.2) is 0 Å². The number of nitriles is 1. The summed E-state index contributed by atoms with van der Waals surface area (Å²) in [5.41, 5.74) is 12.3. The summed E-state index contributed by atoms with van der Waals surface area (Å²) in [7, 11) is 0. The number of hydrogen-bond acceptors (Lipinski definition) is 5. The highest BCUT2D eigenvalue weighted by molar-refractivity contribution is 8.03. The summed E-state index contributed by atoms with van der Waals surface area (Å²) in [5.74, 6) is 0. The number of rotatable bonds is 5. The van der Waals surface area contributed by atoms with E-state index in [0.29, 0.717) is 0 Å². The molecular weight excluding hydrogens is 336 g/mol.